The molecule has 1 unspecified atom stereocenters. The first-order valence-corrected chi connectivity index (χ1v) is 8.23. The topological polar surface area (TPSA) is 83.8 Å². The van der Waals surface area contributed by atoms with E-state index in [0.29, 0.717) is 31.1 Å². The fourth-order valence-electron chi connectivity index (χ4n) is 2.67. The van der Waals surface area contributed by atoms with Crippen LogP contribution in [0.25, 0.3) is 0 Å². The Bertz CT molecular complexity index is 688. The molecule has 1 atom stereocenters. The third-order valence-electron chi connectivity index (χ3n) is 3.98. The van der Waals surface area contributed by atoms with Crippen LogP contribution in [0.2, 0.25) is 0 Å². The van der Waals surface area contributed by atoms with Crippen LogP contribution >= 0.6 is 0 Å². The molecule has 3 rings (SSSR count). The summed E-state index contributed by atoms with van der Waals surface area (Å²) in [5.41, 5.74) is 0. The van der Waals surface area contributed by atoms with Crippen LogP contribution in [0.5, 0.6) is 5.75 Å². The van der Waals surface area contributed by atoms with E-state index >= 15 is 0 Å². The first kappa shape index (κ1) is 16.9. The average Bonchev–Trinajstić information content (AvgIpc) is 3.31. The Hall–Kier alpha value is -2.96. The Balaban J connectivity index is 1.37. The van der Waals surface area contributed by atoms with Crippen LogP contribution in [0, 0.1) is 0 Å². The number of carbonyl (C=O) groups is 2. The van der Waals surface area contributed by atoms with Crippen LogP contribution in [0.1, 0.15) is 12.2 Å². The van der Waals surface area contributed by atoms with Gasteiger partial charge in [-0.15, -0.1) is 0 Å². The lowest BCUT2D eigenvalue weighted by Gasteiger charge is -2.17. The summed E-state index contributed by atoms with van der Waals surface area (Å²) in [7, 11) is 0. The zero-order chi connectivity index (χ0) is 17.5. The van der Waals surface area contributed by atoms with Gasteiger partial charge in [0.15, 0.2) is 6.61 Å². The molecule has 0 radical (unpaired) electrons. The van der Waals surface area contributed by atoms with E-state index in [4.69, 9.17) is 9.15 Å². The Kier molecular flexibility index (Phi) is 5.56. The van der Waals surface area contributed by atoms with Crippen LogP contribution in [0.15, 0.2) is 53.1 Å². The summed E-state index contributed by atoms with van der Waals surface area (Å²) in [6.07, 6.45) is 2.29. The summed E-state index contributed by atoms with van der Waals surface area (Å²) in [5.74, 6) is 1.28. The first-order chi connectivity index (χ1) is 12.2. The lowest BCUT2D eigenvalue weighted by molar-refractivity contribution is -0.132. The molecule has 132 valence electrons. The van der Waals surface area contributed by atoms with Crippen LogP contribution in [0.3, 0.4) is 0 Å². The highest BCUT2D eigenvalue weighted by atomic mass is 16.5. The molecule has 2 N–H and O–H groups in total. The Morgan fingerprint density at radius 1 is 1.20 bits per heavy atom. The molecule has 0 bridgehead atoms. The maximum atomic E-state index is 12.2. The molecule has 2 aromatic rings. The van der Waals surface area contributed by atoms with E-state index < -0.39 is 0 Å². The van der Waals surface area contributed by atoms with Gasteiger partial charge in [0.05, 0.1) is 12.8 Å². The summed E-state index contributed by atoms with van der Waals surface area (Å²) in [6, 6.07) is 12.5. The van der Waals surface area contributed by atoms with Gasteiger partial charge in [-0.05, 0) is 30.7 Å². The number of carbonyl (C=O) groups excluding carboxylic acids is 2. The molecular formula is C18H21N3O4. The molecule has 1 aromatic carbocycles. The zero-order valence-corrected chi connectivity index (χ0v) is 13.8. The molecule has 7 heteroatoms. The molecule has 3 amide bonds. The molecule has 0 aliphatic carbocycles. The molecule has 1 aliphatic heterocycles. The third kappa shape index (κ3) is 5.00. The molecule has 7 nitrogen and oxygen atoms in total. The van der Waals surface area contributed by atoms with Crippen LogP contribution in [-0.2, 0) is 11.3 Å². The van der Waals surface area contributed by atoms with Gasteiger partial charge in [-0.3, -0.25) is 4.79 Å². The number of hydrogen-bond acceptors (Lipinski definition) is 4. The quantitative estimate of drug-likeness (QED) is 0.837. The number of likely N-dealkylation sites (tertiary alicyclic amines) is 1. The standard InChI is InChI=1S/C18H21N3O4/c22-17(13-25-15-5-2-1-3-6-15)21-9-8-14(12-21)20-18(23)19-11-16-7-4-10-24-16/h1-7,10,14H,8-9,11-13H2,(H2,19,20,23). The maximum absolute atomic E-state index is 12.2. The van der Waals surface area contributed by atoms with Crippen molar-refractivity contribution in [1.82, 2.24) is 15.5 Å². The highest BCUT2D eigenvalue weighted by Crippen LogP contribution is 2.12. The minimum Gasteiger partial charge on any atom is -0.484 e. The SMILES string of the molecule is O=C(NCc1ccco1)NC1CCN(C(=O)COc2ccccc2)C1. The summed E-state index contributed by atoms with van der Waals surface area (Å²) in [5, 5.41) is 5.60. The number of nitrogens with zero attached hydrogens (tertiary/aromatic N) is 1. The summed E-state index contributed by atoms with van der Waals surface area (Å²) in [6.45, 7) is 1.44. The van der Waals surface area contributed by atoms with E-state index in [-0.39, 0.29) is 24.6 Å². The number of furan rings is 1. The number of hydrogen-bond donors (Lipinski definition) is 2. The number of urea groups is 1. The lowest BCUT2D eigenvalue weighted by Crippen LogP contribution is -2.44. The van der Waals surface area contributed by atoms with Gasteiger partial charge in [0, 0.05) is 19.1 Å². The van der Waals surface area contributed by atoms with Gasteiger partial charge in [0.2, 0.25) is 0 Å². The van der Waals surface area contributed by atoms with Crippen molar-refractivity contribution in [2.45, 2.75) is 19.0 Å². The number of para-hydroxylation sites is 1. The fourth-order valence-corrected chi connectivity index (χ4v) is 2.67. The second-order valence-electron chi connectivity index (χ2n) is 5.83. The molecule has 1 aromatic heterocycles. The van der Waals surface area contributed by atoms with Gasteiger partial charge in [-0.25, -0.2) is 4.79 Å². The maximum Gasteiger partial charge on any atom is 0.315 e. The van der Waals surface area contributed by atoms with E-state index in [9.17, 15) is 9.59 Å². The van der Waals surface area contributed by atoms with E-state index in [1.54, 1.807) is 23.3 Å². The monoisotopic (exact) mass is 343 g/mol. The van der Waals surface area contributed by atoms with Crippen molar-refractivity contribution < 1.29 is 18.7 Å². The average molecular weight is 343 g/mol. The number of rotatable bonds is 6. The van der Waals surface area contributed by atoms with Crippen molar-refractivity contribution in [1.29, 1.82) is 0 Å². The second-order valence-corrected chi connectivity index (χ2v) is 5.83. The van der Waals surface area contributed by atoms with Crippen LogP contribution in [0.4, 0.5) is 4.79 Å². The third-order valence-corrected chi connectivity index (χ3v) is 3.98. The lowest BCUT2D eigenvalue weighted by atomic mass is 10.3. The van der Waals surface area contributed by atoms with E-state index in [1.165, 1.54) is 0 Å². The molecule has 0 saturated carbocycles. The molecule has 2 heterocycles. The molecule has 0 spiro atoms. The van der Waals surface area contributed by atoms with Gasteiger partial charge < -0.3 is 24.7 Å². The Labute approximate surface area is 145 Å². The molecule has 1 fully saturated rings. The fraction of sp³-hybridized carbons (Fsp3) is 0.333. The summed E-state index contributed by atoms with van der Waals surface area (Å²) in [4.78, 5) is 25.8. The normalized spacial score (nSPS) is 16.5. The van der Waals surface area contributed by atoms with Crippen molar-refractivity contribution >= 4 is 11.9 Å². The Morgan fingerprint density at radius 2 is 2.04 bits per heavy atom. The summed E-state index contributed by atoms with van der Waals surface area (Å²) < 4.78 is 10.6. The molecule has 1 saturated heterocycles. The van der Waals surface area contributed by atoms with E-state index in [1.807, 2.05) is 30.3 Å². The predicted octanol–water partition coefficient (Wildman–Crippen LogP) is 1.76. The van der Waals surface area contributed by atoms with Crippen molar-refractivity contribution in [2.24, 2.45) is 0 Å². The molecular weight excluding hydrogens is 322 g/mol. The van der Waals surface area contributed by atoms with Crippen molar-refractivity contribution in [3.8, 4) is 5.75 Å². The minimum absolute atomic E-state index is 0.00141. The smallest absolute Gasteiger partial charge is 0.315 e. The first-order valence-electron chi connectivity index (χ1n) is 8.23. The number of benzene rings is 1. The number of amides is 3. The van der Waals surface area contributed by atoms with Crippen molar-refractivity contribution in [2.75, 3.05) is 19.7 Å². The van der Waals surface area contributed by atoms with Gasteiger partial charge in [0.1, 0.15) is 11.5 Å². The van der Waals surface area contributed by atoms with Gasteiger partial charge in [-0.2, -0.15) is 0 Å². The number of ether oxygens (including phenoxy) is 1. The van der Waals surface area contributed by atoms with Crippen molar-refractivity contribution in [3.63, 3.8) is 0 Å². The largest absolute Gasteiger partial charge is 0.484 e. The highest BCUT2D eigenvalue weighted by molar-refractivity contribution is 5.78. The van der Waals surface area contributed by atoms with E-state index in [2.05, 4.69) is 10.6 Å². The van der Waals surface area contributed by atoms with Gasteiger partial charge in [-0.1, -0.05) is 18.2 Å². The van der Waals surface area contributed by atoms with Gasteiger partial charge in [0.25, 0.3) is 5.91 Å². The predicted molar refractivity (Wildman–Crippen MR) is 91.0 cm³/mol. The van der Waals surface area contributed by atoms with Gasteiger partial charge >= 0.3 is 6.03 Å². The zero-order valence-electron chi connectivity index (χ0n) is 13.8. The highest BCUT2D eigenvalue weighted by Gasteiger charge is 2.27. The van der Waals surface area contributed by atoms with E-state index in [0.717, 1.165) is 6.42 Å². The van der Waals surface area contributed by atoms with Crippen molar-refractivity contribution in [3.05, 3.63) is 54.5 Å². The number of nitrogens with one attached hydrogen (secondary N) is 2. The molecule has 25 heavy (non-hydrogen) atoms. The van der Waals surface area contributed by atoms with Crippen LogP contribution in [-0.4, -0.2) is 42.6 Å². The van der Waals surface area contributed by atoms with Crippen LogP contribution < -0.4 is 15.4 Å². The minimum atomic E-state index is -0.267. The Morgan fingerprint density at radius 3 is 2.80 bits per heavy atom. The molecule has 1 aliphatic rings. The summed E-state index contributed by atoms with van der Waals surface area (Å²) >= 11 is 0. The second kappa shape index (κ2) is 8.23.